The van der Waals surface area contributed by atoms with Crippen molar-refractivity contribution in [2.24, 2.45) is 0 Å². The number of amides is 1. The zero-order valence-corrected chi connectivity index (χ0v) is 13.2. The summed E-state index contributed by atoms with van der Waals surface area (Å²) >= 11 is 3.24. The molecular weight excluding hydrogens is 323 g/mol. The second-order valence-corrected chi connectivity index (χ2v) is 6.20. The summed E-state index contributed by atoms with van der Waals surface area (Å²) in [5, 5.41) is 6.21. The maximum absolute atomic E-state index is 13.8. The van der Waals surface area contributed by atoms with Gasteiger partial charge in [0.15, 0.2) is 0 Å². The maximum atomic E-state index is 13.8. The van der Waals surface area contributed by atoms with E-state index in [1.54, 1.807) is 6.07 Å². The number of nitrogens with one attached hydrogen (secondary N) is 2. The van der Waals surface area contributed by atoms with E-state index in [0.29, 0.717) is 24.6 Å². The van der Waals surface area contributed by atoms with E-state index in [4.69, 9.17) is 0 Å². The van der Waals surface area contributed by atoms with Gasteiger partial charge in [0.25, 0.3) is 0 Å². The van der Waals surface area contributed by atoms with E-state index >= 15 is 0 Å². The third-order valence-electron chi connectivity index (χ3n) is 3.40. The number of carbonyl (C=O) groups excluding carboxylic acids is 1. The number of carbonyl (C=O) groups is 1. The molecule has 1 saturated carbocycles. The van der Waals surface area contributed by atoms with Crippen LogP contribution >= 0.6 is 15.9 Å². The monoisotopic (exact) mass is 342 g/mol. The van der Waals surface area contributed by atoms with E-state index in [1.807, 2.05) is 13.0 Å². The van der Waals surface area contributed by atoms with Crippen LogP contribution in [-0.4, -0.2) is 18.5 Å². The zero-order valence-electron chi connectivity index (χ0n) is 11.6. The van der Waals surface area contributed by atoms with Crippen molar-refractivity contribution in [1.29, 1.82) is 0 Å². The molecule has 110 valence electrons. The molecule has 1 unspecified atom stereocenters. The van der Waals surface area contributed by atoms with E-state index in [0.717, 1.165) is 23.7 Å². The van der Waals surface area contributed by atoms with Crippen LogP contribution < -0.4 is 10.6 Å². The third-order valence-corrected chi connectivity index (χ3v) is 3.90. The molecule has 0 radical (unpaired) electrons. The van der Waals surface area contributed by atoms with Crippen molar-refractivity contribution < 1.29 is 9.18 Å². The number of hydrogen-bond acceptors (Lipinski definition) is 2. The van der Waals surface area contributed by atoms with Crippen molar-refractivity contribution in [3.63, 3.8) is 0 Å². The molecule has 2 N–H and O–H groups in total. The molecule has 0 heterocycles. The molecule has 0 aromatic heterocycles. The predicted molar refractivity (Wildman–Crippen MR) is 80.9 cm³/mol. The molecule has 1 aromatic rings. The van der Waals surface area contributed by atoms with Gasteiger partial charge in [-0.3, -0.25) is 4.79 Å². The van der Waals surface area contributed by atoms with Gasteiger partial charge < -0.3 is 10.6 Å². The molecule has 5 heteroatoms. The number of rotatable bonds is 7. The molecule has 3 nitrogen and oxygen atoms in total. The molecule has 0 saturated heterocycles. The second-order valence-electron chi connectivity index (χ2n) is 5.29. The lowest BCUT2D eigenvalue weighted by Gasteiger charge is -2.15. The average Bonchev–Trinajstić information content (AvgIpc) is 3.18. The lowest BCUT2D eigenvalue weighted by atomic mass is 10.1. The van der Waals surface area contributed by atoms with Gasteiger partial charge in [0.05, 0.1) is 0 Å². The molecule has 0 spiro atoms. The highest BCUT2D eigenvalue weighted by atomic mass is 79.9. The third kappa shape index (κ3) is 4.87. The van der Waals surface area contributed by atoms with Crippen molar-refractivity contribution in [2.45, 2.75) is 44.7 Å². The second kappa shape index (κ2) is 7.18. The summed E-state index contributed by atoms with van der Waals surface area (Å²) in [7, 11) is 0. The van der Waals surface area contributed by atoms with Gasteiger partial charge in [-0.15, -0.1) is 0 Å². The van der Waals surface area contributed by atoms with Crippen molar-refractivity contribution in [3.8, 4) is 0 Å². The minimum atomic E-state index is -0.217. The van der Waals surface area contributed by atoms with E-state index in [9.17, 15) is 9.18 Å². The van der Waals surface area contributed by atoms with Crippen LogP contribution in [0.3, 0.4) is 0 Å². The normalized spacial score (nSPS) is 15.9. The number of halogens is 2. The van der Waals surface area contributed by atoms with Crippen LogP contribution in [0, 0.1) is 5.82 Å². The lowest BCUT2D eigenvalue weighted by Crippen LogP contribution is -2.27. The minimum absolute atomic E-state index is 0.0606. The fourth-order valence-electron chi connectivity index (χ4n) is 2.06. The maximum Gasteiger partial charge on any atom is 0.220 e. The highest BCUT2D eigenvalue weighted by Crippen LogP contribution is 2.21. The van der Waals surface area contributed by atoms with Gasteiger partial charge in [-0.2, -0.15) is 0 Å². The van der Waals surface area contributed by atoms with Gasteiger partial charge in [-0.05, 0) is 44.9 Å². The lowest BCUT2D eigenvalue weighted by molar-refractivity contribution is -0.121. The van der Waals surface area contributed by atoms with Crippen molar-refractivity contribution >= 4 is 21.8 Å². The predicted octanol–water partition coefficient (Wildman–Crippen LogP) is 3.30. The van der Waals surface area contributed by atoms with Crippen molar-refractivity contribution in [1.82, 2.24) is 10.6 Å². The van der Waals surface area contributed by atoms with E-state index in [1.165, 1.54) is 6.07 Å². The zero-order chi connectivity index (χ0) is 14.5. The Morgan fingerprint density at radius 2 is 2.25 bits per heavy atom. The largest absolute Gasteiger partial charge is 0.353 e. The first-order chi connectivity index (χ1) is 9.56. The van der Waals surface area contributed by atoms with Crippen LogP contribution in [0.2, 0.25) is 0 Å². The molecule has 1 aliphatic carbocycles. The first-order valence-electron chi connectivity index (χ1n) is 7.04. The Morgan fingerprint density at radius 1 is 1.50 bits per heavy atom. The highest BCUT2D eigenvalue weighted by molar-refractivity contribution is 9.10. The fraction of sp³-hybridized carbons (Fsp3) is 0.533. The summed E-state index contributed by atoms with van der Waals surface area (Å²) in [6.07, 6.45) is 3.52. The van der Waals surface area contributed by atoms with Crippen LogP contribution in [0.4, 0.5) is 4.39 Å². The van der Waals surface area contributed by atoms with Crippen molar-refractivity contribution in [2.75, 3.05) is 6.54 Å². The quantitative estimate of drug-likeness (QED) is 0.746. The standard InChI is InChI=1S/C15H20BrFN2O/c1-10(13-7-4-11(16)9-14(13)17)18-8-2-3-15(20)19-12-5-6-12/h4,7,9-10,12,18H,2-3,5-6,8H2,1H3,(H,19,20). The average molecular weight is 343 g/mol. The van der Waals surface area contributed by atoms with Gasteiger partial charge in [0.1, 0.15) is 5.82 Å². The molecule has 0 bridgehead atoms. The Labute approximate surface area is 127 Å². The Hall–Kier alpha value is -0.940. The molecule has 1 atom stereocenters. The van der Waals surface area contributed by atoms with Gasteiger partial charge in [0.2, 0.25) is 5.91 Å². The summed E-state index contributed by atoms with van der Waals surface area (Å²) in [6, 6.07) is 5.44. The Bertz CT molecular complexity index is 477. The summed E-state index contributed by atoms with van der Waals surface area (Å²) < 4.78 is 14.5. The molecule has 20 heavy (non-hydrogen) atoms. The summed E-state index contributed by atoms with van der Waals surface area (Å²) in [5.41, 5.74) is 0.649. The van der Waals surface area contributed by atoms with Crippen LogP contribution in [0.1, 0.15) is 44.2 Å². The van der Waals surface area contributed by atoms with E-state index in [2.05, 4.69) is 26.6 Å². The first kappa shape index (κ1) is 15.4. The highest BCUT2D eigenvalue weighted by Gasteiger charge is 2.22. The molecule has 1 fully saturated rings. The van der Waals surface area contributed by atoms with E-state index < -0.39 is 0 Å². The van der Waals surface area contributed by atoms with E-state index in [-0.39, 0.29) is 17.8 Å². The minimum Gasteiger partial charge on any atom is -0.353 e. The first-order valence-corrected chi connectivity index (χ1v) is 7.83. The Kier molecular flexibility index (Phi) is 5.54. The van der Waals surface area contributed by atoms with Gasteiger partial charge in [-0.25, -0.2) is 4.39 Å². The molecular formula is C15H20BrFN2O. The van der Waals surface area contributed by atoms with Gasteiger partial charge in [-0.1, -0.05) is 22.0 Å². The molecule has 1 aliphatic rings. The van der Waals surface area contributed by atoms with Crippen LogP contribution in [-0.2, 0) is 4.79 Å². The Balaban J connectivity index is 1.68. The SMILES string of the molecule is CC(NCCCC(=O)NC1CC1)c1ccc(Br)cc1F. The van der Waals surface area contributed by atoms with Crippen LogP contribution in [0.25, 0.3) is 0 Å². The van der Waals surface area contributed by atoms with Crippen LogP contribution in [0.5, 0.6) is 0 Å². The van der Waals surface area contributed by atoms with Crippen LogP contribution in [0.15, 0.2) is 22.7 Å². The summed E-state index contributed by atoms with van der Waals surface area (Å²) in [4.78, 5) is 11.5. The smallest absolute Gasteiger partial charge is 0.220 e. The Morgan fingerprint density at radius 3 is 2.90 bits per heavy atom. The topological polar surface area (TPSA) is 41.1 Å². The molecule has 1 amide bonds. The number of benzene rings is 1. The van der Waals surface area contributed by atoms with Crippen molar-refractivity contribution in [3.05, 3.63) is 34.1 Å². The molecule has 0 aliphatic heterocycles. The van der Waals surface area contributed by atoms with Gasteiger partial charge in [0, 0.05) is 28.5 Å². The van der Waals surface area contributed by atoms with Gasteiger partial charge >= 0.3 is 0 Å². The molecule has 2 rings (SSSR count). The number of hydrogen-bond donors (Lipinski definition) is 2. The summed E-state index contributed by atoms with van der Waals surface area (Å²) in [6.45, 7) is 2.63. The molecule has 1 aromatic carbocycles. The summed E-state index contributed by atoms with van der Waals surface area (Å²) in [5.74, 6) is -0.0948. The fourth-order valence-corrected chi connectivity index (χ4v) is 2.39.